The highest BCUT2D eigenvalue weighted by atomic mass is 15.0. The van der Waals surface area contributed by atoms with Crippen LogP contribution in [0.25, 0.3) is 116 Å². The van der Waals surface area contributed by atoms with Crippen molar-refractivity contribution < 1.29 is 0 Å². The summed E-state index contributed by atoms with van der Waals surface area (Å²) in [5.41, 5.74) is 15.2. The fraction of sp³-hybridized carbons (Fsp3) is 0. The molecule has 4 heterocycles. The summed E-state index contributed by atoms with van der Waals surface area (Å²) >= 11 is 0. The van der Waals surface area contributed by atoms with Gasteiger partial charge in [-0.25, -0.2) is 9.97 Å². The zero-order valence-corrected chi connectivity index (χ0v) is 34.1. The summed E-state index contributed by atoms with van der Waals surface area (Å²) in [7, 11) is 0. The first-order valence-electron chi connectivity index (χ1n) is 21.4. The summed E-state index contributed by atoms with van der Waals surface area (Å²) in [5.74, 6) is 0.686. The molecular formula is C58H37N5. The molecule has 0 amide bonds. The van der Waals surface area contributed by atoms with E-state index in [0.717, 1.165) is 56.2 Å². The molecule has 0 saturated carbocycles. The van der Waals surface area contributed by atoms with Gasteiger partial charge in [0.25, 0.3) is 0 Å². The molecule has 4 aromatic heterocycles. The van der Waals surface area contributed by atoms with Gasteiger partial charge >= 0.3 is 0 Å². The van der Waals surface area contributed by atoms with Gasteiger partial charge in [0, 0.05) is 66.1 Å². The number of hydrogen-bond acceptors (Lipinski definition) is 2. The number of rotatable bonds is 6. The Morgan fingerprint density at radius 2 is 0.730 bits per heavy atom. The maximum Gasteiger partial charge on any atom is 0.160 e. The number of hydrogen-bond donors (Lipinski definition) is 0. The van der Waals surface area contributed by atoms with E-state index in [2.05, 4.69) is 226 Å². The second-order valence-electron chi connectivity index (χ2n) is 16.2. The van der Waals surface area contributed by atoms with Gasteiger partial charge in [-0.1, -0.05) is 146 Å². The zero-order chi connectivity index (χ0) is 41.4. The van der Waals surface area contributed by atoms with Crippen molar-refractivity contribution in [3.8, 4) is 51.0 Å². The molecule has 5 heteroatoms. The van der Waals surface area contributed by atoms with E-state index < -0.39 is 0 Å². The molecule has 0 N–H and O–H groups in total. The number of benzene rings is 9. The Kier molecular flexibility index (Phi) is 7.84. The molecule has 0 unspecified atom stereocenters. The van der Waals surface area contributed by atoms with Gasteiger partial charge in [-0.15, -0.1) is 0 Å². The fourth-order valence-electron chi connectivity index (χ4n) is 9.86. The van der Waals surface area contributed by atoms with E-state index in [1.165, 1.54) is 54.4 Å². The van der Waals surface area contributed by atoms with Crippen LogP contribution in [0.3, 0.4) is 0 Å². The SMILES string of the molecule is c1ccc(-c2cc(-c3ccccc3)nc(-c3ccc(-n4c5cc(-n6c7ccccc7c7ccccc76)ccc5c5ccc6c(c7ccccc7n6-c6ccccc6)c54)cc3)n2)cc1. The van der Waals surface area contributed by atoms with Crippen LogP contribution in [-0.4, -0.2) is 23.7 Å². The lowest BCUT2D eigenvalue weighted by atomic mass is 10.1. The van der Waals surface area contributed by atoms with Crippen molar-refractivity contribution in [3.05, 3.63) is 224 Å². The predicted molar refractivity (Wildman–Crippen MR) is 261 cm³/mol. The van der Waals surface area contributed by atoms with Crippen molar-refractivity contribution in [2.75, 3.05) is 0 Å². The molecule has 0 aliphatic heterocycles. The first kappa shape index (κ1) is 35.2. The van der Waals surface area contributed by atoms with E-state index in [1.807, 2.05) is 12.1 Å². The molecule has 0 saturated heterocycles. The Balaban J connectivity index is 1.08. The van der Waals surface area contributed by atoms with Crippen molar-refractivity contribution in [3.63, 3.8) is 0 Å². The van der Waals surface area contributed by atoms with E-state index in [1.54, 1.807) is 0 Å². The van der Waals surface area contributed by atoms with Crippen molar-refractivity contribution in [1.29, 1.82) is 0 Å². The zero-order valence-electron chi connectivity index (χ0n) is 34.1. The average molecular weight is 804 g/mol. The third-order valence-electron chi connectivity index (χ3n) is 12.6. The number of nitrogens with zero attached hydrogens (tertiary/aromatic N) is 5. The molecule has 294 valence electrons. The van der Waals surface area contributed by atoms with Crippen LogP contribution >= 0.6 is 0 Å². The monoisotopic (exact) mass is 803 g/mol. The van der Waals surface area contributed by atoms with Crippen LogP contribution in [0.1, 0.15) is 0 Å². The van der Waals surface area contributed by atoms with Gasteiger partial charge in [0.2, 0.25) is 0 Å². The summed E-state index contributed by atoms with van der Waals surface area (Å²) in [6, 6.07) is 80.2. The van der Waals surface area contributed by atoms with E-state index in [9.17, 15) is 0 Å². The number of fused-ring (bicyclic) bond motifs is 10. The first-order chi connectivity index (χ1) is 31.3. The van der Waals surface area contributed by atoms with Gasteiger partial charge in [-0.3, -0.25) is 0 Å². The van der Waals surface area contributed by atoms with Crippen molar-refractivity contribution in [1.82, 2.24) is 23.7 Å². The van der Waals surface area contributed by atoms with Crippen molar-refractivity contribution in [2.45, 2.75) is 0 Å². The summed E-state index contributed by atoms with van der Waals surface area (Å²) in [6.07, 6.45) is 0. The van der Waals surface area contributed by atoms with E-state index in [0.29, 0.717) is 5.82 Å². The summed E-state index contributed by atoms with van der Waals surface area (Å²) in [5, 5.41) is 7.32. The fourth-order valence-corrected chi connectivity index (χ4v) is 9.86. The van der Waals surface area contributed by atoms with Gasteiger partial charge in [0.1, 0.15) is 0 Å². The lowest BCUT2D eigenvalue weighted by molar-refractivity contribution is 1.15. The smallest absolute Gasteiger partial charge is 0.160 e. The average Bonchev–Trinajstić information content (AvgIpc) is 4.00. The van der Waals surface area contributed by atoms with E-state index >= 15 is 0 Å². The topological polar surface area (TPSA) is 40.6 Å². The highest BCUT2D eigenvalue weighted by molar-refractivity contribution is 6.26. The molecule has 0 fully saturated rings. The summed E-state index contributed by atoms with van der Waals surface area (Å²) in [4.78, 5) is 10.3. The second kappa shape index (κ2) is 14.0. The van der Waals surface area contributed by atoms with Gasteiger partial charge < -0.3 is 13.7 Å². The molecule has 0 aliphatic carbocycles. The number of aromatic nitrogens is 5. The Hall–Kier alpha value is -8.54. The molecule has 63 heavy (non-hydrogen) atoms. The molecular weight excluding hydrogens is 767 g/mol. The van der Waals surface area contributed by atoms with E-state index in [4.69, 9.17) is 9.97 Å². The highest BCUT2D eigenvalue weighted by Gasteiger charge is 2.22. The minimum atomic E-state index is 0.686. The van der Waals surface area contributed by atoms with Crippen LogP contribution in [0.4, 0.5) is 0 Å². The summed E-state index contributed by atoms with van der Waals surface area (Å²) < 4.78 is 7.29. The summed E-state index contributed by atoms with van der Waals surface area (Å²) in [6.45, 7) is 0. The maximum absolute atomic E-state index is 5.16. The van der Waals surface area contributed by atoms with Gasteiger partial charge in [-0.2, -0.15) is 0 Å². The molecule has 0 radical (unpaired) electrons. The molecule has 0 spiro atoms. The molecule has 5 nitrogen and oxygen atoms in total. The van der Waals surface area contributed by atoms with Crippen LogP contribution < -0.4 is 0 Å². The minimum Gasteiger partial charge on any atom is -0.309 e. The van der Waals surface area contributed by atoms with Gasteiger partial charge in [-0.05, 0) is 78.9 Å². The van der Waals surface area contributed by atoms with E-state index in [-0.39, 0.29) is 0 Å². The minimum absolute atomic E-state index is 0.686. The lowest BCUT2D eigenvalue weighted by Gasteiger charge is -2.13. The van der Waals surface area contributed by atoms with Crippen molar-refractivity contribution in [2.24, 2.45) is 0 Å². The molecule has 9 aromatic carbocycles. The largest absolute Gasteiger partial charge is 0.309 e. The Bertz CT molecular complexity index is 3770. The van der Waals surface area contributed by atoms with Gasteiger partial charge in [0.05, 0.1) is 44.5 Å². The van der Waals surface area contributed by atoms with Crippen LogP contribution in [0.15, 0.2) is 224 Å². The van der Waals surface area contributed by atoms with Crippen LogP contribution in [0, 0.1) is 0 Å². The van der Waals surface area contributed by atoms with Crippen molar-refractivity contribution >= 4 is 65.4 Å². The Morgan fingerprint density at radius 1 is 0.270 bits per heavy atom. The van der Waals surface area contributed by atoms with Crippen LogP contribution in [0.2, 0.25) is 0 Å². The normalized spacial score (nSPS) is 11.8. The molecule has 0 bridgehead atoms. The molecule has 13 rings (SSSR count). The lowest BCUT2D eigenvalue weighted by Crippen LogP contribution is -1.98. The third-order valence-corrected chi connectivity index (χ3v) is 12.6. The number of para-hydroxylation sites is 4. The predicted octanol–water partition coefficient (Wildman–Crippen LogP) is 14.8. The van der Waals surface area contributed by atoms with Crippen LogP contribution in [0.5, 0.6) is 0 Å². The Morgan fingerprint density at radius 3 is 1.35 bits per heavy atom. The molecule has 0 atom stereocenters. The highest BCUT2D eigenvalue weighted by Crippen LogP contribution is 2.43. The molecule has 0 aliphatic rings. The van der Waals surface area contributed by atoms with Crippen LogP contribution in [-0.2, 0) is 0 Å². The van der Waals surface area contributed by atoms with Gasteiger partial charge in [0.15, 0.2) is 5.82 Å². The standard InChI is InChI=1S/C58H37N5/c1-4-16-38(17-5-1)49-37-50(39-18-6-2-7-19-39)60-58(59-49)40-28-30-42(31-29-40)63-55-36-43(62-51-25-13-10-22-44(51)45-23-11-14-26-52(45)62)32-33-46(55)47-34-35-54-56(57(47)63)48-24-12-15-27-53(48)61(54)41-20-8-3-9-21-41/h1-37H. The quantitative estimate of drug-likeness (QED) is 0.168. The Labute approximate surface area is 363 Å². The molecule has 13 aromatic rings. The second-order valence-corrected chi connectivity index (χ2v) is 16.2. The third kappa shape index (κ3) is 5.50. The first-order valence-corrected chi connectivity index (χ1v) is 21.4. The maximum atomic E-state index is 5.16.